The minimum atomic E-state index is 0. The minimum Gasteiger partial charge on any atom is -1.00 e. The quantitative estimate of drug-likeness (QED) is 0.357. The molecule has 0 aliphatic heterocycles. The second-order valence-corrected chi connectivity index (χ2v) is 4.06. The molecule has 1 N–H and O–H groups in total. The van der Waals surface area contributed by atoms with E-state index < -0.39 is 0 Å². The Balaban J connectivity index is -0.000000720. The predicted molar refractivity (Wildman–Crippen MR) is 60.3 cm³/mol. The molecule has 3 nitrogen and oxygen atoms in total. The molecule has 0 spiro atoms. The molecule has 0 aromatic rings. The molecule has 0 unspecified atom stereocenters. The van der Waals surface area contributed by atoms with Crippen LogP contribution in [0.15, 0.2) is 0 Å². The van der Waals surface area contributed by atoms with E-state index in [0.29, 0.717) is 0 Å². The van der Waals surface area contributed by atoms with Crippen molar-refractivity contribution in [3.8, 4) is 0 Å². The largest absolute Gasteiger partial charge is 1.00 e. The fourth-order valence-electron chi connectivity index (χ4n) is 1.17. The average Bonchev–Trinajstić information content (AvgIpc) is 2.01. The summed E-state index contributed by atoms with van der Waals surface area (Å²) in [4.78, 5) is 4.45. The van der Waals surface area contributed by atoms with Crippen molar-refractivity contribution in [2.75, 3.05) is 54.4 Å². The van der Waals surface area contributed by atoms with Crippen molar-refractivity contribution in [2.24, 2.45) is 0 Å². The topological polar surface area (TPSA) is 18.5 Å². The molecule has 4 heteroatoms. The fourth-order valence-corrected chi connectivity index (χ4v) is 1.17. The number of hydrogen-bond donors (Lipinski definition) is 1. The molecule has 0 rings (SSSR count). The first kappa shape index (κ1) is 17.3. The molecular weight excluding hydrogens is 185 g/mol. The molecule has 0 aliphatic carbocycles. The minimum absolute atomic E-state index is 0. The molecule has 0 saturated carbocycles. The van der Waals surface area contributed by atoms with Crippen LogP contribution < -0.4 is 34.9 Å². The summed E-state index contributed by atoms with van der Waals surface area (Å²) >= 11 is 0. The van der Waals surface area contributed by atoms with Gasteiger partial charge < -0.3 is 16.5 Å². The summed E-state index contributed by atoms with van der Waals surface area (Å²) in [6.07, 6.45) is 2.49. The van der Waals surface area contributed by atoms with Gasteiger partial charge in [-0.2, -0.15) is 0 Å². The van der Waals surface area contributed by atoms with Crippen LogP contribution in [0, 0.1) is 0 Å². The van der Waals surface area contributed by atoms with Gasteiger partial charge in [-0.05, 0) is 67.2 Å². The molecule has 0 saturated heterocycles. The molecule has 0 aliphatic rings. The van der Waals surface area contributed by atoms with E-state index >= 15 is 0 Å². The Morgan fingerprint density at radius 3 is 1.50 bits per heavy atom. The molecule has 14 heavy (non-hydrogen) atoms. The molecule has 0 bridgehead atoms. The van der Waals surface area contributed by atoms with E-state index in [-0.39, 0.29) is 31.0 Å². The summed E-state index contributed by atoms with van der Waals surface area (Å²) in [5, 5.41) is 3.44. The van der Waals surface area contributed by atoms with Gasteiger partial charge in [0, 0.05) is 0 Å². The monoisotopic (exact) mass is 211 g/mol. The Kier molecular flexibility index (Phi) is 14.8. The number of nitrogens with one attached hydrogen (secondary N) is 1. The summed E-state index contributed by atoms with van der Waals surface area (Å²) in [7, 11) is 8.47. The van der Waals surface area contributed by atoms with Crippen LogP contribution in [0.25, 0.3) is 0 Å². The Labute approximate surface area is 113 Å². The van der Waals surface area contributed by atoms with Crippen LogP contribution in [0.3, 0.4) is 0 Å². The first-order valence-electron chi connectivity index (χ1n) is 5.13. The van der Waals surface area contributed by atoms with Crippen molar-refractivity contribution in [1.29, 1.82) is 0 Å². The normalized spacial score (nSPS) is 10.7. The van der Waals surface area contributed by atoms with Gasteiger partial charge in [-0.25, -0.2) is 0 Å². The second-order valence-electron chi connectivity index (χ2n) is 4.06. The summed E-state index contributed by atoms with van der Waals surface area (Å²) in [6, 6.07) is 0. The van der Waals surface area contributed by atoms with Gasteiger partial charge in [0.25, 0.3) is 0 Å². The van der Waals surface area contributed by atoms with Crippen LogP contribution in [0.5, 0.6) is 0 Å². The first-order valence-corrected chi connectivity index (χ1v) is 5.13. The number of nitrogens with zero attached hydrogens (tertiary/aromatic N) is 2. The van der Waals surface area contributed by atoms with Crippen molar-refractivity contribution < 1.29 is 31.0 Å². The summed E-state index contributed by atoms with van der Waals surface area (Å²) < 4.78 is 0. The van der Waals surface area contributed by atoms with Crippen LogP contribution in [0.4, 0.5) is 0 Å². The Bertz CT molecular complexity index is 101. The first-order chi connectivity index (χ1) is 6.13. The van der Waals surface area contributed by atoms with Crippen LogP contribution in [0.1, 0.15) is 14.3 Å². The van der Waals surface area contributed by atoms with Gasteiger partial charge >= 0.3 is 29.6 Å². The fraction of sp³-hybridized carbons (Fsp3) is 1.00. The Morgan fingerprint density at radius 1 is 0.857 bits per heavy atom. The van der Waals surface area contributed by atoms with E-state index in [1.807, 2.05) is 0 Å². The maximum atomic E-state index is 3.44. The van der Waals surface area contributed by atoms with Crippen molar-refractivity contribution in [3.05, 3.63) is 0 Å². The predicted octanol–water partition coefficient (Wildman–Crippen LogP) is -2.40. The van der Waals surface area contributed by atoms with Crippen molar-refractivity contribution in [2.45, 2.75) is 12.8 Å². The van der Waals surface area contributed by atoms with Crippen molar-refractivity contribution >= 4 is 0 Å². The van der Waals surface area contributed by atoms with Gasteiger partial charge in [-0.15, -0.1) is 0 Å². The Hall–Kier alpha value is 0.880. The zero-order valence-corrected chi connectivity index (χ0v) is 12.6. The molecule has 0 fully saturated rings. The maximum Gasteiger partial charge on any atom is 1.00 e. The molecule has 0 atom stereocenters. The Morgan fingerprint density at radius 2 is 1.21 bits per heavy atom. The number of rotatable bonds is 8. The van der Waals surface area contributed by atoms with Crippen LogP contribution in [0.2, 0.25) is 0 Å². The SMILES string of the molecule is CN(C)CCCNCCCN(C)C.[H-].[Na+]. The second kappa shape index (κ2) is 12.0. The van der Waals surface area contributed by atoms with Gasteiger partial charge in [0.15, 0.2) is 0 Å². The van der Waals surface area contributed by atoms with E-state index in [1.165, 1.54) is 25.9 Å². The van der Waals surface area contributed by atoms with Gasteiger partial charge in [-0.1, -0.05) is 0 Å². The number of hydrogen-bond acceptors (Lipinski definition) is 3. The molecule has 0 radical (unpaired) electrons. The molecule has 82 valence electrons. The van der Waals surface area contributed by atoms with E-state index in [9.17, 15) is 0 Å². The smallest absolute Gasteiger partial charge is 1.00 e. The van der Waals surface area contributed by atoms with Crippen LogP contribution >= 0.6 is 0 Å². The molecule has 0 aromatic carbocycles. The average molecular weight is 211 g/mol. The van der Waals surface area contributed by atoms with E-state index in [1.54, 1.807) is 0 Å². The maximum absolute atomic E-state index is 3.44. The summed E-state index contributed by atoms with van der Waals surface area (Å²) in [5.74, 6) is 0. The standard InChI is InChI=1S/C10H25N3.Na.H/c1-12(2)9-5-7-11-8-6-10-13(3)4;;/h11H,5-10H2,1-4H3;;/q;+1;-1. The van der Waals surface area contributed by atoms with E-state index in [4.69, 9.17) is 0 Å². The molecule has 0 aromatic heterocycles. The molecular formula is C10H26N3Na. The van der Waals surface area contributed by atoms with Gasteiger partial charge in [0.05, 0.1) is 0 Å². The molecule has 0 amide bonds. The van der Waals surface area contributed by atoms with Gasteiger partial charge in [0.2, 0.25) is 0 Å². The third kappa shape index (κ3) is 15.4. The molecule has 0 heterocycles. The van der Waals surface area contributed by atoms with Crippen molar-refractivity contribution in [3.63, 3.8) is 0 Å². The van der Waals surface area contributed by atoms with Crippen LogP contribution in [-0.2, 0) is 0 Å². The van der Waals surface area contributed by atoms with Gasteiger partial charge in [-0.3, -0.25) is 0 Å². The third-order valence-electron chi connectivity index (χ3n) is 1.92. The zero-order valence-electron chi connectivity index (χ0n) is 11.6. The summed E-state index contributed by atoms with van der Waals surface area (Å²) in [6.45, 7) is 4.65. The van der Waals surface area contributed by atoms with Crippen LogP contribution in [-0.4, -0.2) is 64.2 Å². The zero-order chi connectivity index (χ0) is 10.1. The van der Waals surface area contributed by atoms with Gasteiger partial charge in [0.1, 0.15) is 0 Å². The van der Waals surface area contributed by atoms with E-state index in [2.05, 4.69) is 43.3 Å². The third-order valence-corrected chi connectivity index (χ3v) is 1.92. The van der Waals surface area contributed by atoms with Crippen molar-refractivity contribution in [1.82, 2.24) is 15.1 Å². The van der Waals surface area contributed by atoms with E-state index in [0.717, 1.165) is 13.1 Å². The summed E-state index contributed by atoms with van der Waals surface area (Å²) in [5.41, 5.74) is 0.